The quantitative estimate of drug-likeness (QED) is 0.686. The third-order valence-electron chi connectivity index (χ3n) is 2.98. The van der Waals surface area contributed by atoms with Crippen LogP contribution in [0.2, 0.25) is 0 Å². The van der Waals surface area contributed by atoms with Crippen LogP contribution in [0.3, 0.4) is 0 Å². The van der Waals surface area contributed by atoms with Crippen LogP contribution in [0.15, 0.2) is 36.5 Å². The first-order valence-electron chi connectivity index (χ1n) is 5.09. The van der Waals surface area contributed by atoms with Gasteiger partial charge >= 0.3 is 0 Å². The van der Waals surface area contributed by atoms with Crippen molar-refractivity contribution in [3.05, 3.63) is 36.5 Å². The summed E-state index contributed by atoms with van der Waals surface area (Å²) in [6.45, 7) is 7.21. The number of nitrogens with zero attached hydrogens (tertiary/aromatic N) is 1. The van der Waals surface area contributed by atoms with Crippen LogP contribution >= 0.6 is 17.0 Å². The predicted molar refractivity (Wildman–Crippen MR) is 66.9 cm³/mol. The molecule has 1 fully saturated rings. The molecule has 14 heavy (non-hydrogen) atoms. The normalized spacial score (nSPS) is 26.0. The van der Waals surface area contributed by atoms with Gasteiger partial charge in [-0.3, -0.25) is 4.90 Å². The summed E-state index contributed by atoms with van der Waals surface area (Å²) in [4.78, 5) is 2.47. The minimum absolute atomic E-state index is 0. The van der Waals surface area contributed by atoms with E-state index in [0.717, 1.165) is 19.0 Å². The molecule has 0 N–H and O–H groups in total. The van der Waals surface area contributed by atoms with E-state index in [-0.39, 0.29) is 17.0 Å². The number of fused-ring (bicyclic) bond motifs is 1. The summed E-state index contributed by atoms with van der Waals surface area (Å²) >= 11 is 0. The molecule has 0 aromatic carbocycles. The number of piperidine rings is 1. The van der Waals surface area contributed by atoms with Crippen LogP contribution in [0.25, 0.3) is 0 Å². The largest absolute Gasteiger partial charge is 0.296 e. The van der Waals surface area contributed by atoms with Crippen molar-refractivity contribution in [2.75, 3.05) is 19.6 Å². The zero-order chi connectivity index (χ0) is 9.10. The Balaban J connectivity index is 0.000000980. The number of likely N-dealkylation sites (tertiary alicyclic amines) is 1. The Hall–Kier alpha value is -0.340. The molecule has 0 spiro atoms. The number of allylic oxidation sites excluding steroid dienone is 3. The summed E-state index contributed by atoms with van der Waals surface area (Å²) in [6, 6.07) is 0. The Morgan fingerprint density at radius 3 is 3.21 bits per heavy atom. The van der Waals surface area contributed by atoms with E-state index in [1.54, 1.807) is 5.57 Å². The molecule has 1 saturated heterocycles. The van der Waals surface area contributed by atoms with E-state index in [1.807, 2.05) is 6.08 Å². The van der Waals surface area contributed by atoms with E-state index in [4.69, 9.17) is 0 Å². The average molecular weight is 256 g/mol. The Morgan fingerprint density at radius 1 is 1.57 bits per heavy atom. The van der Waals surface area contributed by atoms with Crippen molar-refractivity contribution in [2.45, 2.75) is 12.8 Å². The molecule has 1 unspecified atom stereocenters. The topological polar surface area (TPSA) is 3.24 Å². The molecule has 0 aromatic rings. The van der Waals surface area contributed by atoms with E-state index in [1.165, 1.54) is 19.4 Å². The van der Waals surface area contributed by atoms with Crippen LogP contribution in [-0.4, -0.2) is 24.5 Å². The summed E-state index contributed by atoms with van der Waals surface area (Å²) < 4.78 is 0. The highest BCUT2D eigenvalue weighted by Crippen LogP contribution is 2.28. The van der Waals surface area contributed by atoms with Gasteiger partial charge < -0.3 is 0 Å². The highest BCUT2D eigenvalue weighted by Gasteiger charge is 2.22. The second-order valence-electron chi connectivity index (χ2n) is 3.91. The lowest BCUT2D eigenvalue weighted by molar-refractivity contribution is 0.254. The van der Waals surface area contributed by atoms with Crippen LogP contribution in [0.5, 0.6) is 0 Å². The molecule has 2 heteroatoms. The van der Waals surface area contributed by atoms with Crippen molar-refractivity contribution in [1.29, 1.82) is 0 Å². The van der Waals surface area contributed by atoms with Gasteiger partial charge in [-0.1, -0.05) is 29.9 Å². The van der Waals surface area contributed by atoms with Crippen molar-refractivity contribution in [3.8, 4) is 0 Å². The Bertz CT molecular complexity index is 255. The zero-order valence-electron chi connectivity index (χ0n) is 8.48. The molecule has 0 radical (unpaired) electrons. The third-order valence-corrected chi connectivity index (χ3v) is 2.98. The third kappa shape index (κ3) is 2.58. The minimum Gasteiger partial charge on any atom is -0.296 e. The molecule has 78 valence electrons. The molecule has 1 aliphatic heterocycles. The lowest BCUT2D eigenvalue weighted by Gasteiger charge is -2.34. The molecule has 1 heterocycles. The van der Waals surface area contributed by atoms with Gasteiger partial charge in [-0.25, -0.2) is 0 Å². The molecule has 1 nitrogen and oxygen atoms in total. The van der Waals surface area contributed by atoms with E-state index >= 15 is 0 Å². The molecule has 0 bridgehead atoms. The van der Waals surface area contributed by atoms with Gasteiger partial charge in [0.15, 0.2) is 0 Å². The number of hydrogen-bond acceptors (Lipinski definition) is 1. The Labute approximate surface area is 96.9 Å². The highest BCUT2D eigenvalue weighted by molar-refractivity contribution is 8.93. The fourth-order valence-electron chi connectivity index (χ4n) is 2.22. The molecule has 0 amide bonds. The van der Waals surface area contributed by atoms with E-state index in [9.17, 15) is 0 Å². The Kier molecular flexibility index (Phi) is 4.63. The van der Waals surface area contributed by atoms with E-state index in [2.05, 4.69) is 29.7 Å². The maximum atomic E-state index is 3.78. The summed E-state index contributed by atoms with van der Waals surface area (Å²) in [5.74, 6) is 0.839. The van der Waals surface area contributed by atoms with Gasteiger partial charge in [0, 0.05) is 13.1 Å². The number of rotatable bonds is 2. The fourth-order valence-corrected chi connectivity index (χ4v) is 2.22. The Morgan fingerprint density at radius 2 is 2.43 bits per heavy atom. The predicted octanol–water partition coefficient (Wildman–Crippen LogP) is 2.96. The fraction of sp³-hybridized carbons (Fsp3) is 0.500. The molecule has 0 saturated carbocycles. The van der Waals surface area contributed by atoms with Crippen LogP contribution in [-0.2, 0) is 0 Å². The smallest absolute Gasteiger partial charge is 0.0202 e. The van der Waals surface area contributed by atoms with Crippen LogP contribution in [0.1, 0.15) is 12.8 Å². The zero-order valence-corrected chi connectivity index (χ0v) is 10.2. The monoisotopic (exact) mass is 255 g/mol. The van der Waals surface area contributed by atoms with Gasteiger partial charge in [-0.15, -0.1) is 23.6 Å². The molecular formula is C12H18BrN. The maximum Gasteiger partial charge on any atom is 0.0202 e. The second kappa shape index (κ2) is 5.52. The van der Waals surface area contributed by atoms with Gasteiger partial charge in [0.05, 0.1) is 0 Å². The molecule has 1 atom stereocenters. The summed E-state index contributed by atoms with van der Waals surface area (Å²) in [7, 11) is 0. The van der Waals surface area contributed by atoms with Crippen molar-refractivity contribution < 1.29 is 0 Å². The van der Waals surface area contributed by atoms with Crippen LogP contribution < -0.4 is 0 Å². The van der Waals surface area contributed by atoms with Crippen molar-refractivity contribution in [3.63, 3.8) is 0 Å². The summed E-state index contributed by atoms with van der Waals surface area (Å²) in [5.41, 5.74) is 1.62. The van der Waals surface area contributed by atoms with Crippen molar-refractivity contribution >= 4 is 17.0 Å². The maximum absolute atomic E-state index is 3.78. The van der Waals surface area contributed by atoms with Gasteiger partial charge in [0.2, 0.25) is 0 Å². The van der Waals surface area contributed by atoms with Crippen LogP contribution in [0.4, 0.5) is 0 Å². The van der Waals surface area contributed by atoms with Crippen LogP contribution in [0, 0.1) is 5.92 Å². The second-order valence-corrected chi connectivity index (χ2v) is 3.91. The molecule has 1 aliphatic carbocycles. The van der Waals surface area contributed by atoms with Gasteiger partial charge in [0.1, 0.15) is 0 Å². The number of halogens is 1. The first-order chi connectivity index (χ1) is 6.40. The molecule has 2 rings (SSSR count). The molecular weight excluding hydrogens is 238 g/mol. The first-order valence-corrected chi connectivity index (χ1v) is 5.09. The standard InChI is InChI=1S/C12H17N.BrH/c1-2-8-13-9-7-11-5-3-4-6-12(11)10-13;/h2-4,6,11H,1,5,7-10H2;1H. The van der Waals surface area contributed by atoms with Gasteiger partial charge in [-0.2, -0.15) is 0 Å². The van der Waals surface area contributed by atoms with E-state index in [0.29, 0.717) is 0 Å². The molecule has 2 aliphatic rings. The van der Waals surface area contributed by atoms with Crippen molar-refractivity contribution in [1.82, 2.24) is 4.90 Å². The average Bonchev–Trinajstić information content (AvgIpc) is 2.18. The minimum atomic E-state index is 0. The van der Waals surface area contributed by atoms with Crippen molar-refractivity contribution in [2.24, 2.45) is 5.92 Å². The number of hydrogen-bond donors (Lipinski definition) is 0. The first kappa shape index (κ1) is 11.7. The summed E-state index contributed by atoms with van der Waals surface area (Å²) in [5, 5.41) is 0. The summed E-state index contributed by atoms with van der Waals surface area (Å²) in [6.07, 6.45) is 11.4. The lowest BCUT2D eigenvalue weighted by atomic mass is 9.85. The molecule has 0 aromatic heterocycles. The highest BCUT2D eigenvalue weighted by atomic mass is 79.9. The van der Waals surface area contributed by atoms with Gasteiger partial charge in [-0.05, 0) is 25.3 Å². The lowest BCUT2D eigenvalue weighted by Crippen LogP contribution is -2.35. The SMILES string of the molecule is Br.C=CCN1CCC2CC=CC=C2C1. The van der Waals surface area contributed by atoms with E-state index < -0.39 is 0 Å². The van der Waals surface area contributed by atoms with Gasteiger partial charge in [0.25, 0.3) is 0 Å².